The van der Waals surface area contributed by atoms with Gasteiger partial charge < -0.3 is 46.6 Å². The Kier molecular flexibility index (Phi) is 16.4. The molecule has 0 spiro atoms. The van der Waals surface area contributed by atoms with Gasteiger partial charge in [0.1, 0.15) is 23.9 Å². The number of nitrogens with zero attached hydrogens (tertiary/aromatic N) is 1. The molecule has 3 aliphatic rings. The summed E-state index contributed by atoms with van der Waals surface area (Å²) in [4.78, 5) is 2.37. The molecule has 0 aromatic heterocycles. The Morgan fingerprint density at radius 2 is 1.20 bits per heavy atom. The van der Waals surface area contributed by atoms with Gasteiger partial charge in [-0.25, -0.2) is 4.39 Å². The van der Waals surface area contributed by atoms with Gasteiger partial charge in [0.15, 0.2) is 17.1 Å². The topological polar surface area (TPSA) is 86.3 Å². The number of ether oxygens (including phenoxy) is 6. The van der Waals surface area contributed by atoms with Crippen molar-refractivity contribution in [2.75, 3.05) is 58.6 Å². The van der Waals surface area contributed by atoms with E-state index in [1.54, 1.807) is 14.2 Å². The van der Waals surface area contributed by atoms with Crippen LogP contribution in [-0.4, -0.2) is 84.9 Å². The molecule has 1 atom stereocenters. The highest BCUT2D eigenvalue weighted by Crippen LogP contribution is 2.62. The molecule has 0 N–H and O–H groups in total. The van der Waals surface area contributed by atoms with Gasteiger partial charge in [-0.05, 0) is 195 Å². The summed E-state index contributed by atoms with van der Waals surface area (Å²) in [5.74, 6) is 2.49. The molecule has 1 saturated heterocycles. The Morgan fingerprint density at radius 1 is 0.646 bits per heavy atom. The molecule has 12 heteroatoms. The molecule has 10 nitrogen and oxygen atoms in total. The number of fused-ring (bicyclic) bond motifs is 8. The fraction of sp³-hybridized carbons (Fsp3) is 0.463. The lowest BCUT2D eigenvalue weighted by Crippen LogP contribution is -2.57. The number of hydrogen-bond acceptors (Lipinski definition) is 10. The molecule has 79 heavy (non-hydrogen) atoms. The normalized spacial score (nSPS) is 17.3. The summed E-state index contributed by atoms with van der Waals surface area (Å²) in [6.45, 7) is 31.1. The summed E-state index contributed by atoms with van der Waals surface area (Å²) >= 11 is 0. The average Bonchev–Trinajstić information content (AvgIpc) is 3.26. The van der Waals surface area contributed by atoms with Gasteiger partial charge in [-0.3, -0.25) is 0 Å². The molecule has 2 heterocycles. The van der Waals surface area contributed by atoms with E-state index in [1.807, 2.05) is 24.3 Å². The number of rotatable bonds is 19. The predicted octanol–water partition coefficient (Wildman–Crippen LogP) is 15.9. The van der Waals surface area contributed by atoms with E-state index in [9.17, 15) is 4.39 Å². The van der Waals surface area contributed by atoms with E-state index in [0.717, 1.165) is 87.3 Å². The maximum atomic E-state index is 14.2. The lowest BCUT2D eigenvalue weighted by Gasteiger charge is -2.44. The molecule has 9 rings (SSSR count). The quantitative estimate of drug-likeness (QED) is 0.0577. The van der Waals surface area contributed by atoms with Crippen LogP contribution < -0.4 is 23.8 Å². The third-order valence-electron chi connectivity index (χ3n) is 15.4. The highest BCUT2D eigenvalue weighted by molar-refractivity contribution is 6.61. The van der Waals surface area contributed by atoms with E-state index in [-0.39, 0.29) is 11.2 Å². The molecular formula is C67H84FNO9Si. The van der Waals surface area contributed by atoms with Crippen LogP contribution in [0.4, 0.5) is 10.1 Å². The van der Waals surface area contributed by atoms with Crippen molar-refractivity contribution in [3.05, 3.63) is 143 Å². The van der Waals surface area contributed by atoms with Crippen LogP contribution in [0.25, 0.3) is 39.1 Å². The molecule has 1 aliphatic carbocycles. The molecule has 1 fully saturated rings. The van der Waals surface area contributed by atoms with Gasteiger partial charge in [0.2, 0.25) is 0 Å². The zero-order valence-corrected chi connectivity index (χ0v) is 50.5. The van der Waals surface area contributed by atoms with Crippen LogP contribution in [0.5, 0.6) is 23.0 Å². The van der Waals surface area contributed by atoms with Crippen LogP contribution in [0.2, 0.25) is 6.04 Å². The van der Waals surface area contributed by atoms with Crippen molar-refractivity contribution in [3.63, 3.8) is 0 Å². The van der Waals surface area contributed by atoms with E-state index >= 15 is 0 Å². The molecule has 0 amide bonds. The molecule has 1 unspecified atom stereocenters. The Labute approximate surface area is 470 Å². The SMILES string of the molecule is CCC1(CC)c2cc(-c3ccc(F)cc3)ccc2-c2c1c1c(c3cc(OC)c(OC)cc23)OC(c2ccc(OCCOC(C)(C)CC[Si](OC(C)(C)C)(OC(C)(C)C)OC(C)(C)C)cc2)(c2ccc(N3CCOCC3)cc2)C=C1. The van der Waals surface area contributed by atoms with E-state index < -0.39 is 36.8 Å². The standard InChI is InChI=1S/C67H84FNO9Si/c1-16-66(17-2)56-42-46(45-18-25-49(68)26-19-45)20-31-52(56)59-54-43-57(70-14)58(71-15)44-55(54)61-53(60(59)66)32-33-67(75-61,47-21-27-50(28-22-47)69-35-37-72-38-36-69)48-23-29-51(30-24-48)73-39-40-74-65(12,13)34-41-79(76-62(3,4)5,77-63(6,7)8)78-64(9,10)11/h18-33,42-44H,16-17,34-41H2,1-15H3. The zero-order valence-electron chi connectivity index (χ0n) is 49.5. The van der Waals surface area contributed by atoms with Crippen LogP contribution in [-0.2, 0) is 33.8 Å². The fourth-order valence-corrected chi connectivity index (χ4v) is 16.1. The summed E-state index contributed by atoms with van der Waals surface area (Å²) in [5.41, 5.74) is 7.61. The lowest BCUT2D eigenvalue weighted by molar-refractivity contribution is -0.0823. The van der Waals surface area contributed by atoms with Crippen LogP contribution in [0.1, 0.15) is 137 Å². The van der Waals surface area contributed by atoms with Gasteiger partial charge in [-0.2, -0.15) is 0 Å². The first-order valence-electron chi connectivity index (χ1n) is 28.3. The van der Waals surface area contributed by atoms with Gasteiger partial charge in [0, 0.05) is 52.3 Å². The van der Waals surface area contributed by atoms with Gasteiger partial charge in [-0.15, -0.1) is 0 Å². The average molecular weight is 1090 g/mol. The van der Waals surface area contributed by atoms with Crippen LogP contribution in [0, 0.1) is 5.82 Å². The van der Waals surface area contributed by atoms with Gasteiger partial charge >= 0.3 is 8.80 Å². The first-order chi connectivity index (χ1) is 37.3. The maximum absolute atomic E-state index is 14.2. The summed E-state index contributed by atoms with van der Waals surface area (Å²) < 4.78 is 73.2. The van der Waals surface area contributed by atoms with Crippen molar-refractivity contribution in [2.45, 2.75) is 149 Å². The second-order valence-corrected chi connectivity index (χ2v) is 27.4. The van der Waals surface area contributed by atoms with Crippen molar-refractivity contribution in [3.8, 4) is 45.3 Å². The maximum Gasteiger partial charge on any atom is 0.502 e. The Bertz CT molecular complexity index is 3100. The first kappa shape index (κ1) is 57.9. The molecule has 0 radical (unpaired) electrons. The summed E-state index contributed by atoms with van der Waals surface area (Å²) in [6.07, 6.45) is 6.91. The molecule has 6 aromatic rings. The minimum atomic E-state index is -3.21. The Hall–Kier alpha value is -5.73. The van der Waals surface area contributed by atoms with Crippen LogP contribution >= 0.6 is 0 Å². The molecule has 2 aliphatic heterocycles. The van der Waals surface area contributed by atoms with Gasteiger partial charge in [0.05, 0.1) is 56.4 Å². The van der Waals surface area contributed by atoms with E-state index in [1.165, 1.54) is 28.8 Å². The third kappa shape index (κ3) is 12.2. The van der Waals surface area contributed by atoms with Crippen molar-refractivity contribution < 1.29 is 46.1 Å². The van der Waals surface area contributed by atoms with Crippen molar-refractivity contribution in [1.82, 2.24) is 0 Å². The van der Waals surface area contributed by atoms with Crippen LogP contribution in [0.15, 0.2) is 109 Å². The van der Waals surface area contributed by atoms with E-state index in [0.29, 0.717) is 50.4 Å². The minimum absolute atomic E-state index is 0.255. The second kappa shape index (κ2) is 22.3. The number of anilines is 1. The summed E-state index contributed by atoms with van der Waals surface area (Å²) in [6, 6.07) is 35.4. The Balaban J connectivity index is 1.06. The largest absolute Gasteiger partial charge is 0.502 e. The first-order valence-corrected chi connectivity index (χ1v) is 30.2. The van der Waals surface area contributed by atoms with Crippen molar-refractivity contribution >= 4 is 31.3 Å². The van der Waals surface area contributed by atoms with E-state index in [2.05, 4.69) is 174 Å². The van der Waals surface area contributed by atoms with Gasteiger partial charge in [-0.1, -0.05) is 68.5 Å². The highest BCUT2D eigenvalue weighted by atomic mass is 28.4. The third-order valence-corrected chi connectivity index (χ3v) is 19.1. The number of methoxy groups -OCH3 is 2. The Morgan fingerprint density at radius 3 is 1.76 bits per heavy atom. The van der Waals surface area contributed by atoms with Gasteiger partial charge in [0.25, 0.3) is 0 Å². The fourth-order valence-electron chi connectivity index (χ4n) is 12.0. The monoisotopic (exact) mass is 1090 g/mol. The number of benzene rings is 6. The summed E-state index contributed by atoms with van der Waals surface area (Å²) in [5, 5.41) is 1.94. The second-order valence-electron chi connectivity index (χ2n) is 24.9. The molecular weight excluding hydrogens is 1010 g/mol. The molecule has 6 aromatic carbocycles. The number of halogens is 1. The van der Waals surface area contributed by atoms with E-state index in [4.69, 9.17) is 41.7 Å². The predicted molar refractivity (Wildman–Crippen MR) is 319 cm³/mol. The van der Waals surface area contributed by atoms with Crippen molar-refractivity contribution in [2.24, 2.45) is 0 Å². The minimum Gasteiger partial charge on any atom is -0.493 e. The van der Waals surface area contributed by atoms with Crippen molar-refractivity contribution in [1.29, 1.82) is 0 Å². The smallest absolute Gasteiger partial charge is 0.493 e. The zero-order chi connectivity index (χ0) is 56.8. The number of morpholine rings is 1. The molecule has 0 saturated carbocycles. The molecule has 0 bridgehead atoms. The van der Waals surface area contributed by atoms with Crippen LogP contribution in [0.3, 0.4) is 0 Å². The molecule has 422 valence electrons. The lowest BCUT2D eigenvalue weighted by atomic mass is 9.70. The highest BCUT2D eigenvalue weighted by Gasteiger charge is 2.51. The number of hydrogen-bond donors (Lipinski definition) is 0. The summed E-state index contributed by atoms with van der Waals surface area (Å²) in [7, 11) is 0.150.